The van der Waals surface area contributed by atoms with E-state index in [-0.39, 0.29) is 0 Å². The van der Waals surface area contributed by atoms with Gasteiger partial charge in [-0.2, -0.15) is 0 Å². The summed E-state index contributed by atoms with van der Waals surface area (Å²) in [5.74, 6) is -2.08. The molecule has 0 bridgehead atoms. The van der Waals surface area contributed by atoms with Gasteiger partial charge in [0.15, 0.2) is 6.29 Å². The number of nitrogens with one attached hydrogen (secondary N) is 1. The molecule has 20 heavy (non-hydrogen) atoms. The number of rotatable bonds is 5. The van der Waals surface area contributed by atoms with Crippen molar-refractivity contribution in [2.75, 3.05) is 13.2 Å². The summed E-state index contributed by atoms with van der Waals surface area (Å²) in [6, 6.07) is -1.33. The highest BCUT2D eigenvalue weighted by Crippen LogP contribution is 2.21. The number of carbonyl (C=O) groups excluding carboxylic acids is 1. The van der Waals surface area contributed by atoms with Gasteiger partial charge in [-0.1, -0.05) is 0 Å². The van der Waals surface area contributed by atoms with Crippen molar-refractivity contribution in [2.24, 2.45) is 4.99 Å². The summed E-state index contributed by atoms with van der Waals surface area (Å²) in [5, 5.41) is 48.0. The van der Waals surface area contributed by atoms with Crippen molar-refractivity contribution in [1.29, 1.82) is 0 Å². The highest BCUT2D eigenvalue weighted by Gasteiger charge is 2.43. The smallest absolute Gasteiger partial charge is 0.322 e. The fourth-order valence-corrected chi connectivity index (χ4v) is 1.61. The standard InChI is InChI=1S/C10H16N2O8/c13-3-4-8(17)9(18)7(10(19)20-4)12-1-5(14)11-2-6(15)16/h1,4,7-10,13,17-19H,2-3H2,(H,11,14)(H,15,16)/t4-,7-,8-,9-,10-/m1/s1. The van der Waals surface area contributed by atoms with E-state index in [1.807, 2.05) is 5.32 Å². The number of hydrogen-bond acceptors (Lipinski definition) is 8. The van der Waals surface area contributed by atoms with Crippen LogP contribution in [0.1, 0.15) is 0 Å². The molecule has 1 fully saturated rings. The summed E-state index contributed by atoms with van der Waals surface area (Å²) in [4.78, 5) is 24.9. The Labute approximate surface area is 113 Å². The molecule has 1 rings (SSSR count). The van der Waals surface area contributed by atoms with E-state index < -0.39 is 55.7 Å². The van der Waals surface area contributed by atoms with Crippen LogP contribution in [0.3, 0.4) is 0 Å². The molecule has 1 heterocycles. The first-order chi connectivity index (χ1) is 9.36. The molecule has 1 saturated heterocycles. The summed E-state index contributed by atoms with van der Waals surface area (Å²) in [6.07, 6.45) is -5.12. The van der Waals surface area contributed by atoms with Crippen molar-refractivity contribution in [2.45, 2.75) is 30.6 Å². The Morgan fingerprint density at radius 3 is 2.45 bits per heavy atom. The minimum atomic E-state index is -1.62. The van der Waals surface area contributed by atoms with Gasteiger partial charge < -0.3 is 35.6 Å². The Kier molecular flexibility index (Phi) is 5.98. The molecule has 0 aromatic heterocycles. The lowest BCUT2D eigenvalue weighted by Crippen LogP contribution is -2.57. The summed E-state index contributed by atoms with van der Waals surface area (Å²) in [6.45, 7) is -1.21. The maximum absolute atomic E-state index is 11.2. The van der Waals surface area contributed by atoms with E-state index in [9.17, 15) is 24.9 Å². The van der Waals surface area contributed by atoms with Crippen molar-refractivity contribution >= 4 is 18.1 Å². The zero-order valence-corrected chi connectivity index (χ0v) is 10.3. The second-order valence-electron chi connectivity index (χ2n) is 4.11. The van der Waals surface area contributed by atoms with E-state index in [1.54, 1.807) is 0 Å². The topological polar surface area (TPSA) is 169 Å². The number of ether oxygens (including phenoxy) is 1. The Hall–Kier alpha value is -1.59. The first kappa shape index (κ1) is 16.5. The van der Waals surface area contributed by atoms with Crippen LogP contribution >= 0.6 is 0 Å². The summed E-state index contributed by atoms with van der Waals surface area (Å²) < 4.78 is 4.82. The average Bonchev–Trinajstić information content (AvgIpc) is 2.40. The van der Waals surface area contributed by atoms with Gasteiger partial charge >= 0.3 is 5.97 Å². The third kappa shape index (κ3) is 4.21. The van der Waals surface area contributed by atoms with Crippen LogP contribution in [0.5, 0.6) is 0 Å². The Morgan fingerprint density at radius 2 is 1.90 bits per heavy atom. The van der Waals surface area contributed by atoms with Gasteiger partial charge in [0, 0.05) is 0 Å². The van der Waals surface area contributed by atoms with Crippen molar-refractivity contribution in [3.05, 3.63) is 0 Å². The Bertz CT molecular complexity index is 387. The number of carboxylic acids is 1. The summed E-state index contributed by atoms with van der Waals surface area (Å²) in [5.41, 5.74) is 0. The fraction of sp³-hybridized carbons (Fsp3) is 0.700. The third-order valence-electron chi connectivity index (χ3n) is 2.64. The molecule has 0 aromatic rings. The van der Waals surface area contributed by atoms with Gasteiger partial charge in [-0.05, 0) is 0 Å². The van der Waals surface area contributed by atoms with Crippen LogP contribution in [0.25, 0.3) is 0 Å². The third-order valence-corrected chi connectivity index (χ3v) is 2.64. The maximum Gasteiger partial charge on any atom is 0.322 e. The molecular formula is C10H16N2O8. The number of aliphatic hydroxyl groups is 4. The van der Waals surface area contributed by atoms with Crippen molar-refractivity contribution < 1.29 is 39.9 Å². The number of aliphatic hydroxyl groups excluding tert-OH is 4. The van der Waals surface area contributed by atoms with E-state index in [0.717, 1.165) is 0 Å². The predicted octanol–water partition coefficient (Wildman–Crippen LogP) is -3.94. The molecule has 0 aromatic carbocycles. The lowest BCUT2D eigenvalue weighted by Gasteiger charge is -2.38. The molecule has 0 saturated carbocycles. The monoisotopic (exact) mass is 292 g/mol. The molecule has 1 aliphatic heterocycles. The van der Waals surface area contributed by atoms with Gasteiger partial charge in [0.05, 0.1) is 12.8 Å². The van der Waals surface area contributed by atoms with Gasteiger partial charge in [0.2, 0.25) is 0 Å². The SMILES string of the molecule is O=C(O)CNC(=O)C=N[C@@H]1[C@@H](O)[C@H](O)[C@@H](CO)O[C@H]1O. The maximum atomic E-state index is 11.2. The first-order valence-electron chi connectivity index (χ1n) is 5.70. The predicted molar refractivity (Wildman–Crippen MR) is 62.9 cm³/mol. The molecule has 0 spiro atoms. The zero-order valence-electron chi connectivity index (χ0n) is 10.3. The number of hydrogen-bond donors (Lipinski definition) is 6. The number of carboxylic acid groups (broad SMARTS) is 1. The molecule has 0 radical (unpaired) electrons. The molecule has 5 atom stereocenters. The molecule has 1 amide bonds. The number of aliphatic imine (C=N–C) groups is 1. The van der Waals surface area contributed by atoms with Crippen molar-refractivity contribution in [3.63, 3.8) is 0 Å². The minimum absolute atomic E-state index is 0.605. The number of nitrogens with zero attached hydrogens (tertiary/aromatic N) is 1. The fourth-order valence-electron chi connectivity index (χ4n) is 1.61. The Balaban J connectivity index is 2.62. The van der Waals surface area contributed by atoms with Crippen molar-refractivity contribution in [1.82, 2.24) is 5.32 Å². The van der Waals surface area contributed by atoms with Gasteiger partial charge in [0.25, 0.3) is 5.91 Å². The van der Waals surface area contributed by atoms with Crippen molar-refractivity contribution in [3.8, 4) is 0 Å². The molecular weight excluding hydrogens is 276 g/mol. The minimum Gasteiger partial charge on any atom is -0.480 e. The highest BCUT2D eigenvalue weighted by atomic mass is 16.6. The number of aliphatic carboxylic acids is 1. The first-order valence-corrected chi connectivity index (χ1v) is 5.70. The van der Waals surface area contributed by atoms with Gasteiger partial charge in [-0.15, -0.1) is 0 Å². The lowest BCUT2D eigenvalue weighted by molar-refractivity contribution is -0.248. The normalized spacial score (nSPS) is 34.1. The lowest BCUT2D eigenvalue weighted by atomic mass is 9.97. The van der Waals surface area contributed by atoms with E-state index in [2.05, 4.69) is 4.99 Å². The van der Waals surface area contributed by atoms with Crippen LogP contribution in [-0.2, 0) is 14.3 Å². The molecule has 0 aliphatic carbocycles. The molecule has 10 nitrogen and oxygen atoms in total. The molecule has 10 heteroatoms. The van der Waals surface area contributed by atoms with E-state index >= 15 is 0 Å². The van der Waals surface area contributed by atoms with Crippen LogP contribution in [0.15, 0.2) is 4.99 Å². The van der Waals surface area contributed by atoms with Crippen LogP contribution < -0.4 is 5.32 Å². The summed E-state index contributed by atoms with van der Waals surface area (Å²) in [7, 11) is 0. The van der Waals surface area contributed by atoms with Crippen LogP contribution in [0.4, 0.5) is 0 Å². The molecule has 6 N–H and O–H groups in total. The zero-order chi connectivity index (χ0) is 15.3. The van der Waals surface area contributed by atoms with Crippen LogP contribution in [-0.4, -0.2) is 87.4 Å². The quantitative estimate of drug-likeness (QED) is 0.279. The van der Waals surface area contributed by atoms with E-state index in [0.29, 0.717) is 6.21 Å². The largest absolute Gasteiger partial charge is 0.480 e. The van der Waals surface area contributed by atoms with Crippen LogP contribution in [0, 0.1) is 0 Å². The highest BCUT2D eigenvalue weighted by molar-refractivity contribution is 6.26. The summed E-state index contributed by atoms with van der Waals surface area (Å²) >= 11 is 0. The second kappa shape index (κ2) is 7.26. The van der Waals surface area contributed by atoms with Gasteiger partial charge in [-0.3, -0.25) is 14.6 Å². The number of carbonyl (C=O) groups is 2. The van der Waals surface area contributed by atoms with E-state index in [1.165, 1.54) is 0 Å². The van der Waals surface area contributed by atoms with Crippen LogP contribution in [0.2, 0.25) is 0 Å². The molecule has 0 unspecified atom stereocenters. The Morgan fingerprint density at radius 1 is 1.25 bits per heavy atom. The van der Waals surface area contributed by atoms with Gasteiger partial charge in [0.1, 0.15) is 30.9 Å². The second-order valence-corrected chi connectivity index (χ2v) is 4.11. The number of amides is 1. The molecule has 114 valence electrons. The molecule has 1 aliphatic rings. The van der Waals surface area contributed by atoms with Gasteiger partial charge in [-0.25, -0.2) is 0 Å². The average molecular weight is 292 g/mol. The van der Waals surface area contributed by atoms with E-state index in [4.69, 9.17) is 14.9 Å².